The fourth-order valence-electron chi connectivity index (χ4n) is 3.92. The number of rotatable bonds is 4. The molecule has 0 unspecified atom stereocenters. The lowest BCUT2D eigenvalue weighted by Gasteiger charge is -2.11. The zero-order valence-electron chi connectivity index (χ0n) is 17.2. The molecule has 0 aromatic heterocycles. The van der Waals surface area contributed by atoms with Gasteiger partial charge in [0.15, 0.2) is 0 Å². The Morgan fingerprint density at radius 2 is 0.875 bits per heavy atom. The number of nitrogens with one attached hydrogen (secondary N) is 2. The molecule has 0 bridgehead atoms. The smallest absolute Gasteiger partial charge is 0.256 e. The molecular formula is C28H20N2O2. The van der Waals surface area contributed by atoms with E-state index in [1.807, 2.05) is 84.9 Å². The molecule has 0 aliphatic heterocycles. The molecule has 5 aromatic carbocycles. The lowest BCUT2D eigenvalue weighted by Crippen LogP contribution is -2.14. The predicted molar refractivity (Wildman–Crippen MR) is 130 cm³/mol. The number of benzene rings is 5. The van der Waals surface area contributed by atoms with Crippen LogP contribution in [0.5, 0.6) is 0 Å². The van der Waals surface area contributed by atoms with Crippen LogP contribution in [-0.4, -0.2) is 11.8 Å². The van der Waals surface area contributed by atoms with Gasteiger partial charge >= 0.3 is 0 Å². The average molecular weight is 416 g/mol. The molecule has 154 valence electrons. The number of carbonyl (C=O) groups is 2. The van der Waals surface area contributed by atoms with Gasteiger partial charge in [-0.1, -0.05) is 78.9 Å². The number of hydrogen-bond donors (Lipinski definition) is 2. The van der Waals surface area contributed by atoms with E-state index in [1.165, 1.54) is 0 Å². The van der Waals surface area contributed by atoms with Crippen molar-refractivity contribution in [1.29, 1.82) is 0 Å². The van der Waals surface area contributed by atoms with E-state index in [-0.39, 0.29) is 11.8 Å². The summed E-state index contributed by atoms with van der Waals surface area (Å²) in [6.45, 7) is 0. The molecule has 5 rings (SSSR count). The van der Waals surface area contributed by atoms with Crippen molar-refractivity contribution in [3.05, 3.63) is 120 Å². The van der Waals surface area contributed by atoms with Crippen molar-refractivity contribution in [2.45, 2.75) is 0 Å². The minimum Gasteiger partial charge on any atom is -0.322 e. The highest BCUT2D eigenvalue weighted by atomic mass is 16.2. The van der Waals surface area contributed by atoms with E-state index in [2.05, 4.69) is 10.6 Å². The van der Waals surface area contributed by atoms with Crippen LogP contribution in [0.25, 0.3) is 21.5 Å². The second-order valence-corrected chi connectivity index (χ2v) is 7.54. The molecule has 4 heteroatoms. The zero-order valence-corrected chi connectivity index (χ0v) is 17.2. The Balaban J connectivity index is 1.38. The van der Waals surface area contributed by atoms with Gasteiger partial charge in [-0.05, 0) is 51.9 Å². The molecule has 0 fully saturated rings. The summed E-state index contributed by atoms with van der Waals surface area (Å²) in [5.41, 5.74) is 2.43. The summed E-state index contributed by atoms with van der Waals surface area (Å²) in [5, 5.41) is 9.70. The van der Waals surface area contributed by atoms with Gasteiger partial charge in [-0.15, -0.1) is 0 Å². The van der Waals surface area contributed by atoms with Gasteiger partial charge < -0.3 is 10.6 Å². The molecule has 0 aliphatic rings. The zero-order chi connectivity index (χ0) is 21.9. The number of fused-ring (bicyclic) bond motifs is 2. The Kier molecular flexibility index (Phi) is 5.10. The van der Waals surface area contributed by atoms with E-state index in [1.54, 1.807) is 24.3 Å². The standard InChI is InChI=1S/C28H20N2O2/c31-27(25-16-5-10-19-8-1-3-14-23(19)25)29-21-12-7-13-22(18-21)30-28(32)26-17-6-11-20-9-2-4-15-24(20)26/h1-18H,(H,29,31)(H,30,32). The van der Waals surface area contributed by atoms with E-state index >= 15 is 0 Å². The van der Waals surface area contributed by atoms with Crippen molar-refractivity contribution in [3.63, 3.8) is 0 Å². The lowest BCUT2D eigenvalue weighted by molar-refractivity contribution is 0.102. The first-order chi connectivity index (χ1) is 15.7. The normalized spacial score (nSPS) is 10.8. The predicted octanol–water partition coefficient (Wildman–Crippen LogP) is 6.50. The SMILES string of the molecule is O=C(Nc1cccc(NC(=O)c2cccc3ccccc23)c1)c1cccc2ccccc12. The molecule has 0 radical (unpaired) electrons. The summed E-state index contributed by atoms with van der Waals surface area (Å²) in [6, 6.07) is 34.1. The first kappa shape index (κ1) is 19.5. The third kappa shape index (κ3) is 3.82. The fourth-order valence-corrected chi connectivity index (χ4v) is 3.92. The summed E-state index contributed by atoms with van der Waals surface area (Å²) >= 11 is 0. The highest BCUT2D eigenvalue weighted by Gasteiger charge is 2.12. The van der Waals surface area contributed by atoms with Gasteiger partial charge in [-0.25, -0.2) is 0 Å². The minimum atomic E-state index is -0.195. The molecule has 0 saturated heterocycles. The van der Waals surface area contributed by atoms with Crippen molar-refractivity contribution < 1.29 is 9.59 Å². The first-order valence-corrected chi connectivity index (χ1v) is 10.4. The van der Waals surface area contributed by atoms with E-state index in [9.17, 15) is 9.59 Å². The van der Waals surface area contributed by atoms with Crippen molar-refractivity contribution in [1.82, 2.24) is 0 Å². The molecule has 2 N–H and O–H groups in total. The van der Waals surface area contributed by atoms with Crippen molar-refractivity contribution in [2.75, 3.05) is 10.6 Å². The molecule has 0 aliphatic carbocycles. The summed E-state index contributed by atoms with van der Waals surface area (Å²) in [6.07, 6.45) is 0. The quantitative estimate of drug-likeness (QED) is 0.351. The van der Waals surface area contributed by atoms with Crippen LogP contribution < -0.4 is 10.6 Å². The maximum Gasteiger partial charge on any atom is 0.256 e. The maximum absolute atomic E-state index is 12.9. The highest BCUT2D eigenvalue weighted by Crippen LogP contribution is 2.23. The topological polar surface area (TPSA) is 58.2 Å². The van der Waals surface area contributed by atoms with Crippen LogP contribution in [0.4, 0.5) is 11.4 Å². The van der Waals surface area contributed by atoms with Crippen LogP contribution in [0.1, 0.15) is 20.7 Å². The Hall–Kier alpha value is -4.44. The third-order valence-corrected chi connectivity index (χ3v) is 5.45. The first-order valence-electron chi connectivity index (χ1n) is 10.4. The lowest BCUT2D eigenvalue weighted by atomic mass is 10.0. The van der Waals surface area contributed by atoms with Crippen LogP contribution in [0.15, 0.2) is 109 Å². The van der Waals surface area contributed by atoms with Crippen LogP contribution in [0.3, 0.4) is 0 Å². The summed E-state index contributed by atoms with van der Waals surface area (Å²) in [7, 11) is 0. The van der Waals surface area contributed by atoms with E-state index in [4.69, 9.17) is 0 Å². The molecule has 0 saturated carbocycles. The second-order valence-electron chi connectivity index (χ2n) is 7.54. The van der Waals surface area contributed by atoms with E-state index in [0.717, 1.165) is 21.5 Å². The second kappa shape index (κ2) is 8.36. The molecule has 5 aromatic rings. The summed E-state index contributed by atoms with van der Waals surface area (Å²) in [4.78, 5) is 25.9. The molecule has 2 amide bonds. The van der Waals surface area contributed by atoms with Gasteiger partial charge in [-0.3, -0.25) is 9.59 Å². The van der Waals surface area contributed by atoms with Crippen molar-refractivity contribution in [2.24, 2.45) is 0 Å². The van der Waals surface area contributed by atoms with Gasteiger partial charge in [0.25, 0.3) is 11.8 Å². The van der Waals surface area contributed by atoms with Crippen molar-refractivity contribution >= 4 is 44.7 Å². The largest absolute Gasteiger partial charge is 0.322 e. The van der Waals surface area contributed by atoms with E-state index < -0.39 is 0 Å². The van der Waals surface area contributed by atoms with Gasteiger partial charge in [-0.2, -0.15) is 0 Å². The van der Waals surface area contributed by atoms with Crippen LogP contribution in [-0.2, 0) is 0 Å². The molecule has 0 heterocycles. The summed E-state index contributed by atoms with van der Waals surface area (Å²) < 4.78 is 0. The number of anilines is 2. The van der Waals surface area contributed by atoms with Crippen LogP contribution >= 0.6 is 0 Å². The fraction of sp³-hybridized carbons (Fsp3) is 0. The Morgan fingerprint density at radius 1 is 0.469 bits per heavy atom. The summed E-state index contributed by atoms with van der Waals surface area (Å²) in [5.74, 6) is -0.390. The maximum atomic E-state index is 12.9. The van der Waals surface area contributed by atoms with Crippen molar-refractivity contribution in [3.8, 4) is 0 Å². The van der Waals surface area contributed by atoms with Gasteiger partial charge in [0.2, 0.25) is 0 Å². The number of carbonyl (C=O) groups excluding carboxylic acids is 2. The minimum absolute atomic E-state index is 0.195. The van der Waals surface area contributed by atoms with E-state index in [0.29, 0.717) is 22.5 Å². The molecule has 32 heavy (non-hydrogen) atoms. The Morgan fingerprint density at radius 3 is 1.38 bits per heavy atom. The monoisotopic (exact) mass is 416 g/mol. The number of hydrogen-bond acceptors (Lipinski definition) is 2. The number of amides is 2. The van der Waals surface area contributed by atoms with Gasteiger partial charge in [0.05, 0.1) is 0 Å². The van der Waals surface area contributed by atoms with Gasteiger partial charge in [0, 0.05) is 22.5 Å². The average Bonchev–Trinajstić information content (AvgIpc) is 2.83. The molecule has 0 spiro atoms. The highest BCUT2D eigenvalue weighted by molar-refractivity contribution is 6.14. The van der Waals surface area contributed by atoms with Crippen LogP contribution in [0, 0.1) is 0 Å². The third-order valence-electron chi connectivity index (χ3n) is 5.45. The van der Waals surface area contributed by atoms with Crippen LogP contribution in [0.2, 0.25) is 0 Å². The van der Waals surface area contributed by atoms with Gasteiger partial charge in [0.1, 0.15) is 0 Å². The Labute approximate surface area is 185 Å². The Bertz CT molecular complexity index is 1350. The molecule has 4 nitrogen and oxygen atoms in total. The molecule has 0 atom stereocenters. The molecular weight excluding hydrogens is 396 g/mol.